The Morgan fingerprint density at radius 1 is 1.00 bits per heavy atom. The highest BCUT2D eigenvalue weighted by atomic mass is 32.1. The smallest absolute Gasteiger partial charge is 0.305 e. The topological polar surface area (TPSA) is 178 Å². The molecular weight excluding hydrogens is 476 g/mol. The predicted molar refractivity (Wildman–Crippen MR) is 110 cm³/mol. The second-order valence-corrected chi connectivity index (χ2v) is 8.03. The normalized spacial score (nSPS) is 24.2. The van der Waals surface area contributed by atoms with Crippen molar-refractivity contribution in [2.24, 2.45) is 0 Å². The zero-order valence-corrected chi connectivity index (χ0v) is 19.4. The van der Waals surface area contributed by atoms with Crippen LogP contribution in [0.25, 0.3) is 11.4 Å². The molecule has 0 radical (unpaired) electrons. The maximum Gasteiger partial charge on any atom is 0.305 e. The third-order valence-corrected chi connectivity index (χ3v) is 5.17. The van der Waals surface area contributed by atoms with Gasteiger partial charge in [0.1, 0.15) is 30.1 Å². The lowest BCUT2D eigenvalue weighted by Gasteiger charge is -2.44. The van der Waals surface area contributed by atoms with E-state index in [1.165, 1.54) is 17.8 Å². The summed E-state index contributed by atoms with van der Waals surface area (Å²) in [6.45, 7) is 4.24. The number of hydrogen-bond donors (Lipinski definition) is 1. The molecule has 1 aliphatic rings. The van der Waals surface area contributed by atoms with Crippen molar-refractivity contribution in [2.45, 2.75) is 58.3 Å². The molecule has 1 aliphatic heterocycles. The van der Waals surface area contributed by atoms with Crippen LogP contribution in [0.1, 0.15) is 33.7 Å². The van der Waals surface area contributed by atoms with E-state index in [1.54, 1.807) is 5.38 Å². The first-order chi connectivity index (χ1) is 16.0. The number of carbonyl (C=O) groups is 4. The summed E-state index contributed by atoms with van der Waals surface area (Å²) in [6, 6.07) is -1.11. The van der Waals surface area contributed by atoms with Crippen molar-refractivity contribution in [1.29, 1.82) is 0 Å². The Balaban J connectivity index is 2.08. The van der Waals surface area contributed by atoms with E-state index in [9.17, 15) is 24.3 Å². The lowest BCUT2D eigenvalue weighted by Crippen LogP contribution is -2.59. The van der Waals surface area contributed by atoms with Crippen LogP contribution in [-0.4, -0.2) is 80.2 Å². The summed E-state index contributed by atoms with van der Waals surface area (Å²) in [5.41, 5.74) is 0.577. The first-order valence-electron chi connectivity index (χ1n) is 9.92. The van der Waals surface area contributed by atoms with E-state index in [1.807, 2.05) is 0 Å². The quantitative estimate of drug-likeness (QED) is 0.409. The van der Waals surface area contributed by atoms with Gasteiger partial charge in [-0.1, -0.05) is 16.6 Å². The molecular formula is C19H22N4O10S. The van der Waals surface area contributed by atoms with Gasteiger partial charge in [-0.3, -0.25) is 19.2 Å². The molecule has 34 heavy (non-hydrogen) atoms. The first-order valence-corrected chi connectivity index (χ1v) is 10.8. The van der Waals surface area contributed by atoms with E-state index >= 15 is 0 Å². The highest BCUT2D eigenvalue weighted by Crippen LogP contribution is 2.36. The Labute approximate surface area is 196 Å². The van der Waals surface area contributed by atoms with Crippen LogP contribution in [0.15, 0.2) is 11.6 Å². The van der Waals surface area contributed by atoms with Crippen LogP contribution in [0.4, 0.5) is 0 Å². The van der Waals surface area contributed by atoms with Crippen molar-refractivity contribution < 1.29 is 48.0 Å². The molecule has 0 bridgehead atoms. The van der Waals surface area contributed by atoms with Crippen molar-refractivity contribution in [3.8, 4) is 16.6 Å². The third kappa shape index (κ3) is 6.05. The molecule has 1 N–H and O–H groups in total. The van der Waals surface area contributed by atoms with Gasteiger partial charge in [-0.15, -0.1) is 5.10 Å². The van der Waals surface area contributed by atoms with Crippen LogP contribution in [0.3, 0.4) is 0 Å². The van der Waals surface area contributed by atoms with Crippen LogP contribution in [-0.2, 0) is 42.9 Å². The summed E-state index contributed by atoms with van der Waals surface area (Å²) in [5, 5.41) is 19.0. The fourth-order valence-electron chi connectivity index (χ4n) is 3.36. The van der Waals surface area contributed by atoms with Gasteiger partial charge in [0.25, 0.3) is 5.19 Å². The molecule has 2 aromatic rings. The lowest BCUT2D eigenvalue weighted by molar-refractivity contribution is -0.285. The number of hydrogen-bond acceptors (Lipinski definition) is 14. The molecule has 0 aliphatic carbocycles. The minimum atomic E-state index is -1.45. The number of rotatable bonds is 7. The molecule has 2 aromatic heterocycles. The Morgan fingerprint density at radius 2 is 1.65 bits per heavy atom. The van der Waals surface area contributed by atoms with E-state index in [0.29, 0.717) is 5.69 Å². The molecule has 0 saturated carbocycles. The summed E-state index contributed by atoms with van der Waals surface area (Å²) in [4.78, 5) is 50.9. The van der Waals surface area contributed by atoms with Gasteiger partial charge in [0, 0.05) is 33.1 Å². The predicted octanol–water partition coefficient (Wildman–Crippen LogP) is 0.363. The van der Waals surface area contributed by atoms with Gasteiger partial charge in [0.15, 0.2) is 12.2 Å². The minimum Gasteiger partial charge on any atom is -0.486 e. The summed E-state index contributed by atoms with van der Waals surface area (Å²) in [7, 11) is 0. The van der Waals surface area contributed by atoms with Crippen LogP contribution >= 0.6 is 11.3 Å². The van der Waals surface area contributed by atoms with E-state index in [-0.39, 0.29) is 17.5 Å². The average Bonchev–Trinajstić information content (AvgIpc) is 3.36. The maximum atomic E-state index is 11.9. The highest BCUT2D eigenvalue weighted by molar-refractivity contribution is 7.11. The molecule has 14 nitrogen and oxygen atoms in total. The second-order valence-electron chi connectivity index (χ2n) is 7.19. The molecule has 184 valence electrons. The monoisotopic (exact) mass is 498 g/mol. The van der Waals surface area contributed by atoms with Gasteiger partial charge in [0.05, 0.1) is 6.20 Å². The van der Waals surface area contributed by atoms with Crippen molar-refractivity contribution >= 4 is 35.2 Å². The fourth-order valence-corrected chi connectivity index (χ4v) is 3.91. The first kappa shape index (κ1) is 25.0. The van der Waals surface area contributed by atoms with Gasteiger partial charge in [-0.2, -0.15) is 0 Å². The standard InChI is InChI=1S/C19H22N4O10S/c1-8(24)29-6-14-16(30-9(2)25)15(17(31-10(3)26)18(33-14)32-11(4)27)23-5-12(21-22-23)13-7-34-19(28)20-13/h5,7,14-18H,6H2,1-4H3,(H,20,28)/t14-,15+,16+,17-,18-/m1/s1. The van der Waals surface area contributed by atoms with Crippen molar-refractivity contribution in [3.63, 3.8) is 0 Å². The number of ether oxygens (including phenoxy) is 5. The van der Waals surface area contributed by atoms with Crippen molar-refractivity contribution in [3.05, 3.63) is 11.6 Å². The Bertz CT molecular complexity index is 1070. The second kappa shape index (κ2) is 10.6. The molecule has 15 heteroatoms. The van der Waals surface area contributed by atoms with Crippen molar-refractivity contribution in [2.75, 3.05) is 6.61 Å². The summed E-state index contributed by atoms with van der Waals surface area (Å²) < 4.78 is 28.1. The molecule has 1 fully saturated rings. The van der Waals surface area contributed by atoms with Gasteiger partial charge in [-0.25, -0.2) is 9.67 Å². The molecule has 0 aromatic carbocycles. The van der Waals surface area contributed by atoms with Crippen LogP contribution < -0.4 is 0 Å². The maximum absolute atomic E-state index is 11.9. The third-order valence-electron chi connectivity index (χ3n) is 4.52. The van der Waals surface area contributed by atoms with E-state index in [0.717, 1.165) is 32.1 Å². The summed E-state index contributed by atoms with van der Waals surface area (Å²) in [6.07, 6.45) is -3.67. The van der Waals surface area contributed by atoms with Gasteiger partial charge >= 0.3 is 23.9 Å². The zero-order chi connectivity index (χ0) is 25.0. The van der Waals surface area contributed by atoms with Crippen LogP contribution in [0, 0.1) is 0 Å². The number of nitrogens with zero attached hydrogens (tertiary/aromatic N) is 4. The molecule has 3 rings (SSSR count). The number of aromatic nitrogens is 4. The van der Waals surface area contributed by atoms with Crippen molar-refractivity contribution in [1.82, 2.24) is 20.0 Å². The number of aromatic hydroxyl groups is 1. The minimum absolute atomic E-state index is 0.178. The number of carbonyl (C=O) groups excluding carboxylic acids is 4. The SMILES string of the molecule is CC(=O)OC[C@H]1O[C@@H](OC(C)=O)[C@H](OC(C)=O)[C@@H](n2cc(-c3csc(O)n3)nn2)[C@H]1OC(C)=O. The molecule has 1 saturated heterocycles. The molecule has 0 unspecified atom stereocenters. The summed E-state index contributed by atoms with van der Waals surface area (Å²) in [5.74, 6) is -2.81. The van der Waals surface area contributed by atoms with E-state index in [4.69, 9.17) is 23.7 Å². The highest BCUT2D eigenvalue weighted by Gasteiger charge is 2.53. The molecule has 5 atom stereocenters. The number of esters is 4. The molecule has 0 spiro atoms. The number of thiazole rings is 1. The van der Waals surface area contributed by atoms with E-state index in [2.05, 4.69) is 15.3 Å². The lowest BCUT2D eigenvalue weighted by atomic mass is 9.95. The largest absolute Gasteiger partial charge is 0.486 e. The Hall–Kier alpha value is -3.59. The fraction of sp³-hybridized carbons (Fsp3) is 0.526. The Kier molecular flexibility index (Phi) is 7.78. The van der Waals surface area contributed by atoms with Gasteiger partial charge in [0.2, 0.25) is 6.29 Å². The molecule has 3 heterocycles. The van der Waals surface area contributed by atoms with Crippen LogP contribution in [0.2, 0.25) is 0 Å². The van der Waals surface area contributed by atoms with Crippen LogP contribution in [0.5, 0.6) is 5.19 Å². The van der Waals surface area contributed by atoms with E-state index < -0.39 is 54.5 Å². The zero-order valence-electron chi connectivity index (χ0n) is 18.6. The molecule has 0 amide bonds. The van der Waals surface area contributed by atoms with Gasteiger partial charge in [-0.05, 0) is 0 Å². The Morgan fingerprint density at radius 3 is 2.21 bits per heavy atom. The summed E-state index contributed by atoms with van der Waals surface area (Å²) >= 11 is 0.982. The van der Waals surface area contributed by atoms with Gasteiger partial charge < -0.3 is 28.8 Å². The average molecular weight is 498 g/mol.